The highest BCUT2D eigenvalue weighted by molar-refractivity contribution is 5.24. The third-order valence-corrected chi connectivity index (χ3v) is 2.67. The van der Waals surface area contributed by atoms with Crippen molar-refractivity contribution in [3.63, 3.8) is 0 Å². The Morgan fingerprint density at radius 2 is 1.94 bits per heavy atom. The molecule has 0 radical (unpaired) electrons. The first-order valence-electron chi connectivity index (χ1n) is 5.97. The van der Waals surface area contributed by atoms with Crippen molar-refractivity contribution in [2.75, 3.05) is 6.54 Å². The van der Waals surface area contributed by atoms with Gasteiger partial charge in [-0.2, -0.15) is 0 Å². The van der Waals surface area contributed by atoms with Crippen molar-refractivity contribution in [3.05, 3.63) is 35.4 Å². The Hall–Kier alpha value is -1.26. The van der Waals surface area contributed by atoms with Crippen LogP contribution in [0, 0.1) is 18.8 Å². The second-order valence-electron chi connectivity index (χ2n) is 3.99. The topological polar surface area (TPSA) is 12.0 Å². The van der Waals surface area contributed by atoms with Crippen LogP contribution in [0.3, 0.4) is 0 Å². The molecule has 0 heterocycles. The smallest absolute Gasteiger partial charge is 0.0329 e. The van der Waals surface area contributed by atoms with Crippen molar-refractivity contribution in [2.24, 2.45) is 0 Å². The van der Waals surface area contributed by atoms with Crippen LogP contribution in [0.2, 0.25) is 0 Å². The molecule has 0 saturated carbocycles. The Labute approximate surface area is 99.3 Å². The van der Waals surface area contributed by atoms with E-state index in [0.717, 1.165) is 19.4 Å². The lowest BCUT2D eigenvalue weighted by molar-refractivity contribution is 0.522. The van der Waals surface area contributed by atoms with Gasteiger partial charge in [0, 0.05) is 12.5 Å². The molecule has 0 fully saturated rings. The molecule has 1 aromatic carbocycles. The van der Waals surface area contributed by atoms with Gasteiger partial charge in [0.2, 0.25) is 0 Å². The zero-order valence-electron chi connectivity index (χ0n) is 10.5. The van der Waals surface area contributed by atoms with Crippen LogP contribution in [-0.4, -0.2) is 6.54 Å². The second kappa shape index (κ2) is 7.09. The third-order valence-electron chi connectivity index (χ3n) is 2.67. The quantitative estimate of drug-likeness (QED) is 0.742. The van der Waals surface area contributed by atoms with Crippen LogP contribution in [0.5, 0.6) is 0 Å². The van der Waals surface area contributed by atoms with Crippen molar-refractivity contribution in [1.29, 1.82) is 0 Å². The zero-order valence-corrected chi connectivity index (χ0v) is 10.5. The van der Waals surface area contributed by atoms with Crippen LogP contribution in [-0.2, 0) is 0 Å². The lowest BCUT2D eigenvalue weighted by Crippen LogP contribution is -2.20. The van der Waals surface area contributed by atoms with E-state index in [1.165, 1.54) is 11.1 Å². The molecule has 0 aliphatic rings. The highest BCUT2D eigenvalue weighted by atomic mass is 14.9. The van der Waals surface area contributed by atoms with Crippen molar-refractivity contribution < 1.29 is 0 Å². The standard InChI is InChI=1S/C15H21N/c1-4-6-7-8-15(16-5-2)14-11-9-13(3)10-12-14/h9-12,15-16H,5,7-8H2,1-3H3. The van der Waals surface area contributed by atoms with Crippen molar-refractivity contribution in [1.82, 2.24) is 5.32 Å². The Kier molecular flexibility index (Phi) is 5.67. The fourth-order valence-electron chi connectivity index (χ4n) is 1.77. The molecule has 1 N–H and O–H groups in total. The van der Waals surface area contributed by atoms with Crippen LogP contribution in [0.25, 0.3) is 0 Å². The summed E-state index contributed by atoms with van der Waals surface area (Å²) in [6.07, 6.45) is 2.04. The van der Waals surface area contributed by atoms with Gasteiger partial charge in [-0.05, 0) is 32.4 Å². The van der Waals surface area contributed by atoms with E-state index in [4.69, 9.17) is 0 Å². The van der Waals surface area contributed by atoms with Crippen LogP contribution < -0.4 is 5.32 Å². The molecule has 86 valence electrons. The highest BCUT2D eigenvalue weighted by Gasteiger charge is 2.08. The summed E-state index contributed by atoms with van der Waals surface area (Å²) < 4.78 is 0. The van der Waals surface area contributed by atoms with Gasteiger partial charge in [-0.1, -0.05) is 36.8 Å². The number of aryl methyl sites for hydroxylation is 1. The minimum absolute atomic E-state index is 0.437. The molecular formula is C15H21N. The Bertz CT molecular complexity index is 353. The van der Waals surface area contributed by atoms with E-state index >= 15 is 0 Å². The fraction of sp³-hybridized carbons (Fsp3) is 0.467. The first-order chi connectivity index (χ1) is 7.77. The molecule has 0 aliphatic carbocycles. The molecule has 16 heavy (non-hydrogen) atoms. The van der Waals surface area contributed by atoms with Crippen LogP contribution in [0.4, 0.5) is 0 Å². The maximum atomic E-state index is 3.51. The number of benzene rings is 1. The van der Waals surface area contributed by atoms with Gasteiger partial charge in [0.15, 0.2) is 0 Å². The SMILES string of the molecule is CC#CCCC(NCC)c1ccc(C)cc1. The summed E-state index contributed by atoms with van der Waals surface area (Å²) in [7, 11) is 0. The molecule has 0 bridgehead atoms. The zero-order chi connectivity index (χ0) is 11.8. The van der Waals surface area contributed by atoms with E-state index in [0.29, 0.717) is 6.04 Å². The summed E-state index contributed by atoms with van der Waals surface area (Å²) in [5.41, 5.74) is 2.68. The normalized spacial score (nSPS) is 11.7. The summed E-state index contributed by atoms with van der Waals surface area (Å²) in [4.78, 5) is 0. The largest absolute Gasteiger partial charge is 0.310 e. The Balaban J connectivity index is 2.67. The molecule has 1 rings (SSSR count). The van der Waals surface area contributed by atoms with Gasteiger partial charge < -0.3 is 5.32 Å². The summed E-state index contributed by atoms with van der Waals surface area (Å²) in [5.74, 6) is 6.08. The maximum Gasteiger partial charge on any atom is 0.0329 e. The highest BCUT2D eigenvalue weighted by Crippen LogP contribution is 2.18. The Morgan fingerprint density at radius 3 is 2.50 bits per heavy atom. The molecule has 1 atom stereocenters. The summed E-state index contributed by atoms with van der Waals surface area (Å²) in [5, 5.41) is 3.51. The minimum Gasteiger partial charge on any atom is -0.310 e. The maximum absolute atomic E-state index is 3.51. The molecule has 0 aliphatic heterocycles. The van der Waals surface area contributed by atoms with Crippen molar-refractivity contribution in [2.45, 2.75) is 39.7 Å². The van der Waals surface area contributed by atoms with E-state index < -0.39 is 0 Å². The van der Waals surface area contributed by atoms with E-state index in [2.05, 4.69) is 55.3 Å². The van der Waals surface area contributed by atoms with Crippen molar-refractivity contribution >= 4 is 0 Å². The predicted molar refractivity (Wildman–Crippen MR) is 70.3 cm³/mol. The minimum atomic E-state index is 0.437. The lowest BCUT2D eigenvalue weighted by Gasteiger charge is -2.17. The molecule has 0 amide bonds. The molecule has 1 unspecified atom stereocenters. The molecule has 0 spiro atoms. The molecule has 0 saturated heterocycles. The monoisotopic (exact) mass is 215 g/mol. The van der Waals surface area contributed by atoms with E-state index in [1.807, 2.05) is 6.92 Å². The first-order valence-corrected chi connectivity index (χ1v) is 5.97. The number of hydrogen-bond acceptors (Lipinski definition) is 1. The van der Waals surface area contributed by atoms with Gasteiger partial charge in [-0.3, -0.25) is 0 Å². The first kappa shape index (κ1) is 12.8. The summed E-state index contributed by atoms with van der Waals surface area (Å²) >= 11 is 0. The number of hydrogen-bond donors (Lipinski definition) is 1. The van der Waals surface area contributed by atoms with Crippen LogP contribution in [0.15, 0.2) is 24.3 Å². The average molecular weight is 215 g/mol. The van der Waals surface area contributed by atoms with Gasteiger partial charge in [-0.15, -0.1) is 11.8 Å². The molecule has 1 heteroatoms. The van der Waals surface area contributed by atoms with E-state index in [9.17, 15) is 0 Å². The van der Waals surface area contributed by atoms with Crippen LogP contribution in [0.1, 0.15) is 43.9 Å². The van der Waals surface area contributed by atoms with Gasteiger partial charge in [0.25, 0.3) is 0 Å². The third kappa shape index (κ3) is 4.08. The summed E-state index contributed by atoms with van der Waals surface area (Å²) in [6.45, 7) is 7.16. The van der Waals surface area contributed by atoms with Gasteiger partial charge in [0.1, 0.15) is 0 Å². The molecular weight excluding hydrogens is 194 g/mol. The number of rotatable bonds is 5. The van der Waals surface area contributed by atoms with Crippen LogP contribution >= 0.6 is 0 Å². The molecule has 1 nitrogen and oxygen atoms in total. The number of nitrogens with one attached hydrogen (secondary N) is 1. The second-order valence-corrected chi connectivity index (χ2v) is 3.99. The molecule has 1 aromatic rings. The summed E-state index contributed by atoms with van der Waals surface area (Å²) in [6, 6.07) is 9.20. The predicted octanol–water partition coefficient (Wildman–Crippen LogP) is 3.45. The fourth-order valence-corrected chi connectivity index (χ4v) is 1.77. The average Bonchev–Trinajstić information content (AvgIpc) is 2.29. The lowest BCUT2D eigenvalue weighted by atomic mass is 10.0. The van der Waals surface area contributed by atoms with Crippen molar-refractivity contribution in [3.8, 4) is 11.8 Å². The molecule has 0 aromatic heterocycles. The van der Waals surface area contributed by atoms with Gasteiger partial charge >= 0.3 is 0 Å². The Morgan fingerprint density at radius 1 is 1.25 bits per heavy atom. The van der Waals surface area contributed by atoms with Gasteiger partial charge in [0.05, 0.1) is 0 Å². The van der Waals surface area contributed by atoms with E-state index in [-0.39, 0.29) is 0 Å². The van der Waals surface area contributed by atoms with Gasteiger partial charge in [-0.25, -0.2) is 0 Å². The van der Waals surface area contributed by atoms with E-state index in [1.54, 1.807) is 0 Å².